The number of hydrogen-bond donors (Lipinski definition) is 7. The fraction of sp³-hybridized carbons (Fsp3) is 0.673. The summed E-state index contributed by atoms with van der Waals surface area (Å²) in [5, 5.41) is 67.1. The molecule has 0 bridgehead atoms. The van der Waals surface area contributed by atoms with Crippen LogP contribution in [-0.2, 0) is 36.8 Å². The Kier molecular flexibility index (Phi) is 47.9. The summed E-state index contributed by atoms with van der Waals surface area (Å²) in [6.45, 7) is 40.4. The first-order valence-corrected chi connectivity index (χ1v) is 50.2. The van der Waals surface area contributed by atoms with Crippen molar-refractivity contribution in [2.24, 2.45) is 0 Å². The van der Waals surface area contributed by atoms with E-state index in [0.29, 0.717) is 41.4 Å². The van der Waals surface area contributed by atoms with Gasteiger partial charge < -0.3 is 104 Å². The Bertz CT molecular complexity index is 3950. The van der Waals surface area contributed by atoms with E-state index >= 15 is 0 Å². The van der Waals surface area contributed by atoms with E-state index in [-0.39, 0.29) is 106 Å². The second kappa shape index (κ2) is 57.6. The summed E-state index contributed by atoms with van der Waals surface area (Å²) in [5.41, 5.74) is 17.9. The number of pyridine rings is 7. The van der Waals surface area contributed by atoms with Gasteiger partial charge >= 0.3 is 0 Å². The molecule has 7 saturated heterocycles. The maximum absolute atomic E-state index is 9.88. The zero-order chi connectivity index (χ0) is 98.5. The number of aliphatic hydroxyl groups is 7. The van der Waals surface area contributed by atoms with Gasteiger partial charge in [-0.05, 0) is 244 Å². The number of methoxy groups -OCH3 is 5. The van der Waals surface area contributed by atoms with Crippen molar-refractivity contribution in [1.82, 2.24) is 44.7 Å². The molecule has 28 nitrogen and oxygen atoms in total. The second-order valence-electron chi connectivity index (χ2n) is 40.2. The molecular formula is C107H174N16O12. The van der Waals surface area contributed by atoms with Gasteiger partial charge in [0.15, 0.2) is 0 Å². The van der Waals surface area contributed by atoms with Gasteiger partial charge in [-0.3, -0.25) is 34.9 Å². The number of hydrogen-bond acceptors (Lipinski definition) is 28. The van der Waals surface area contributed by atoms with Crippen molar-refractivity contribution >= 4 is 39.8 Å². The molecule has 14 rings (SSSR count). The van der Waals surface area contributed by atoms with Gasteiger partial charge in [0.1, 0.15) is 0 Å². The fourth-order valence-electron chi connectivity index (χ4n) is 18.4. The van der Waals surface area contributed by atoms with Crippen LogP contribution < -0.4 is 34.3 Å². The number of ether oxygens (including phenoxy) is 5. The molecule has 28 heteroatoms. The molecule has 7 aromatic rings. The molecule has 754 valence electrons. The molecule has 11 atom stereocenters. The van der Waals surface area contributed by atoms with Crippen molar-refractivity contribution in [3.8, 4) is 0 Å². The van der Waals surface area contributed by atoms with Crippen LogP contribution in [0.4, 0.5) is 39.8 Å². The van der Waals surface area contributed by atoms with Gasteiger partial charge in [0.25, 0.3) is 0 Å². The average Bonchev–Trinajstić information content (AvgIpc) is 0.863. The van der Waals surface area contributed by atoms with Crippen molar-refractivity contribution in [3.63, 3.8) is 0 Å². The molecule has 135 heavy (non-hydrogen) atoms. The van der Waals surface area contributed by atoms with Crippen molar-refractivity contribution in [1.29, 1.82) is 0 Å². The van der Waals surface area contributed by atoms with Gasteiger partial charge in [0.2, 0.25) is 0 Å². The lowest BCUT2D eigenvalue weighted by Gasteiger charge is -2.39. The summed E-state index contributed by atoms with van der Waals surface area (Å²) in [4.78, 5) is 52.3. The lowest BCUT2D eigenvalue weighted by atomic mass is 9.99. The summed E-state index contributed by atoms with van der Waals surface area (Å²) < 4.78 is 27.3. The summed E-state index contributed by atoms with van der Waals surface area (Å²) in [7, 11) is 17.1. The van der Waals surface area contributed by atoms with Crippen LogP contribution >= 0.6 is 0 Å². The van der Waals surface area contributed by atoms with E-state index in [4.69, 9.17) is 33.7 Å². The third-order valence-electron chi connectivity index (χ3n) is 27.1. The molecule has 0 amide bonds. The minimum Gasteiger partial charge on any atom is -0.394 e. The topological polar surface area (TPSA) is 307 Å². The summed E-state index contributed by atoms with van der Waals surface area (Å²) >= 11 is 0. The molecule has 7 N–H and O–H groups in total. The summed E-state index contributed by atoms with van der Waals surface area (Å²) in [6.07, 6.45) is 24.0. The highest BCUT2D eigenvalue weighted by Gasteiger charge is 2.35. The van der Waals surface area contributed by atoms with Gasteiger partial charge in [0.05, 0.1) is 188 Å². The first-order chi connectivity index (χ1) is 64.7. The molecular weight excluding hydrogens is 1700 g/mol. The van der Waals surface area contributed by atoms with Crippen molar-refractivity contribution < 1.29 is 59.4 Å². The van der Waals surface area contributed by atoms with E-state index in [2.05, 4.69) is 279 Å². The molecule has 7 aliphatic rings. The van der Waals surface area contributed by atoms with Gasteiger partial charge in [-0.15, -0.1) is 0 Å². The van der Waals surface area contributed by atoms with Crippen LogP contribution in [0.25, 0.3) is 0 Å². The lowest BCUT2D eigenvalue weighted by Crippen LogP contribution is -2.48. The first kappa shape index (κ1) is 112. The Morgan fingerprint density at radius 3 is 0.726 bits per heavy atom. The number of β-amino-alcohol motifs (C(OH)–C–C–N with tert-alkyl or cyclic N) is 1. The van der Waals surface area contributed by atoms with Gasteiger partial charge in [-0.2, -0.15) is 0 Å². The molecule has 2 unspecified atom stereocenters. The second-order valence-corrected chi connectivity index (χ2v) is 40.2. The van der Waals surface area contributed by atoms with Crippen molar-refractivity contribution in [2.45, 2.75) is 314 Å². The van der Waals surface area contributed by atoms with E-state index < -0.39 is 0 Å². The Morgan fingerprint density at radius 1 is 0.289 bits per heavy atom. The summed E-state index contributed by atoms with van der Waals surface area (Å²) in [5.74, 6) is 3.10. The third-order valence-corrected chi connectivity index (χ3v) is 27.1. The number of anilines is 7. The van der Waals surface area contributed by atoms with E-state index in [1.54, 1.807) is 35.5 Å². The summed E-state index contributed by atoms with van der Waals surface area (Å²) in [6, 6.07) is 30.4. The molecule has 14 heterocycles. The van der Waals surface area contributed by atoms with Gasteiger partial charge in [0, 0.05) is 147 Å². The number of aromatic nitrogens is 7. The van der Waals surface area contributed by atoms with Crippen LogP contribution in [0.1, 0.15) is 279 Å². The predicted molar refractivity (Wildman–Crippen MR) is 549 cm³/mol. The van der Waals surface area contributed by atoms with E-state index in [1.807, 2.05) is 31.0 Å². The predicted octanol–water partition coefficient (Wildman–Crippen LogP) is 15.4. The van der Waals surface area contributed by atoms with Crippen LogP contribution in [0.15, 0.2) is 116 Å². The van der Waals surface area contributed by atoms with E-state index in [1.165, 1.54) is 11.4 Å². The highest BCUT2D eigenvalue weighted by atomic mass is 16.5. The minimum absolute atomic E-state index is 0.133. The smallest absolute Gasteiger partial charge is 0.0780 e. The molecule has 7 aliphatic heterocycles. The molecule has 0 saturated carbocycles. The maximum atomic E-state index is 9.88. The maximum Gasteiger partial charge on any atom is 0.0780 e. The molecule has 0 spiro atoms. The van der Waals surface area contributed by atoms with Gasteiger partial charge in [-0.25, -0.2) is 0 Å². The Balaban J connectivity index is 0.000000194. The standard InChI is InChI=1S/2C16H27N3O.5C15H24N2O2/c1-12(2)14-5-6-16(15(17-14)11-18(3)4)19-9-7-13(20)8-10-19;1-12(2)14-7-8-16(15(17-14)11-18(3)4)19-9-5-6-13(20)10-19;5*1-11(2)15-7-5-12(8-16-15)17-9-14(19-3)6-4-13(17)10-18/h5-6,12-13,20H,7-11H2,1-4H3;7-8,12-13,20H,5-6,9-11H2,1-4H3;5*5,7-8,11,13-14,18H,4,6,9-10H2,1-3H3/t;13-;2*13-,14+;2*13-,14-;/m.11010./s1. The van der Waals surface area contributed by atoms with Crippen LogP contribution in [0.3, 0.4) is 0 Å². The Morgan fingerprint density at radius 2 is 0.526 bits per heavy atom. The average molecular weight is 1880 g/mol. The highest BCUT2D eigenvalue weighted by molar-refractivity contribution is 5.55. The first-order valence-electron chi connectivity index (χ1n) is 50.2. The normalized spacial score (nSPS) is 22.4. The van der Waals surface area contributed by atoms with E-state index in [0.717, 1.165) is 242 Å². The SMILES string of the molecule is CC(C)c1ccc(N2CCC(O)CC2)c(CN(C)C)n1.CC(C)c1ccc(N2CCC[C@@H](O)C2)c(CN(C)C)n1.COC1CCC(CO)N(c2ccc(C(C)C)nc2)C1.CO[C@@H]1CC[C@@H](CO)N(c2ccc(C(C)C)nc2)C1.CO[C@@H]1CC[C@H](CO)N(c2ccc(C(C)C)nc2)C1.CO[C@H]1CC[C@@H](CO)N(c2ccc(C(C)C)nc2)C1.CO[C@H]1CC[C@H](CO)N(c2ccc(C(C)C)nc2)C1. The van der Waals surface area contributed by atoms with Crippen LogP contribution in [-0.4, -0.2) is 309 Å². The van der Waals surface area contributed by atoms with Crippen LogP contribution in [0.5, 0.6) is 0 Å². The lowest BCUT2D eigenvalue weighted by molar-refractivity contribution is 0.0743. The Labute approximate surface area is 811 Å². The number of piperidine rings is 7. The zero-order valence-electron chi connectivity index (χ0n) is 86.5. The van der Waals surface area contributed by atoms with Crippen LogP contribution in [0.2, 0.25) is 0 Å². The fourth-order valence-corrected chi connectivity index (χ4v) is 18.4. The van der Waals surface area contributed by atoms with E-state index in [9.17, 15) is 35.7 Å². The number of aliphatic hydroxyl groups excluding tert-OH is 7. The highest BCUT2D eigenvalue weighted by Crippen LogP contribution is 2.35. The zero-order valence-corrected chi connectivity index (χ0v) is 86.5. The molecule has 0 aliphatic carbocycles. The third kappa shape index (κ3) is 34.5. The largest absolute Gasteiger partial charge is 0.394 e. The molecule has 7 aromatic heterocycles. The van der Waals surface area contributed by atoms with Gasteiger partial charge in [-0.1, -0.05) is 96.9 Å². The van der Waals surface area contributed by atoms with Crippen molar-refractivity contribution in [3.05, 3.63) is 167 Å². The molecule has 0 radical (unpaired) electrons. The Hall–Kier alpha value is -7.91. The van der Waals surface area contributed by atoms with Crippen LogP contribution in [0, 0.1) is 0 Å². The number of nitrogens with zero attached hydrogens (tertiary/aromatic N) is 16. The molecule has 7 fully saturated rings. The quantitative estimate of drug-likeness (QED) is 0.0240. The number of rotatable bonds is 28. The molecule has 0 aromatic carbocycles. The monoisotopic (exact) mass is 1880 g/mol. The van der Waals surface area contributed by atoms with Crippen molar-refractivity contribution in [2.75, 3.05) is 190 Å². The minimum atomic E-state index is -0.208.